The number of hydroxylamine groups is 1. The van der Waals surface area contributed by atoms with Crippen molar-refractivity contribution >= 4 is 21.6 Å². The van der Waals surface area contributed by atoms with Crippen LogP contribution in [0.25, 0.3) is 0 Å². The average Bonchev–Trinajstić information content (AvgIpc) is 2.61. The SMILES string of the molecule is CCN(c1ccc(C(=O)NO)cc1)S(=O)(=O)c1cccc(C(F)(F)F)c1. The largest absolute Gasteiger partial charge is 0.416 e. The number of carbonyl (C=O) groups excluding carboxylic acids is 1. The fourth-order valence-corrected chi connectivity index (χ4v) is 3.82. The van der Waals surface area contributed by atoms with Gasteiger partial charge in [-0.2, -0.15) is 13.2 Å². The maximum Gasteiger partial charge on any atom is 0.416 e. The lowest BCUT2D eigenvalue weighted by Crippen LogP contribution is -2.31. The molecule has 0 atom stereocenters. The zero-order valence-corrected chi connectivity index (χ0v) is 14.3. The van der Waals surface area contributed by atoms with Gasteiger partial charge in [-0.1, -0.05) is 6.07 Å². The lowest BCUT2D eigenvalue weighted by molar-refractivity contribution is -0.137. The van der Waals surface area contributed by atoms with Crippen molar-refractivity contribution in [1.82, 2.24) is 5.48 Å². The van der Waals surface area contributed by atoms with Crippen LogP contribution in [-0.2, 0) is 16.2 Å². The molecule has 140 valence electrons. The van der Waals surface area contributed by atoms with E-state index in [1.165, 1.54) is 36.7 Å². The van der Waals surface area contributed by atoms with Crippen molar-refractivity contribution in [1.29, 1.82) is 0 Å². The summed E-state index contributed by atoms with van der Waals surface area (Å²) in [6.07, 6.45) is -4.66. The fourth-order valence-electron chi connectivity index (χ4n) is 2.30. The Morgan fingerprint density at radius 3 is 2.27 bits per heavy atom. The number of anilines is 1. The number of halogens is 3. The van der Waals surface area contributed by atoms with Crippen LogP contribution in [0, 0.1) is 0 Å². The van der Waals surface area contributed by atoms with Crippen LogP contribution in [0.5, 0.6) is 0 Å². The molecule has 0 fully saturated rings. The topological polar surface area (TPSA) is 86.7 Å². The summed E-state index contributed by atoms with van der Waals surface area (Å²) in [6, 6.07) is 8.68. The number of nitrogens with one attached hydrogen (secondary N) is 1. The Morgan fingerprint density at radius 2 is 1.77 bits per heavy atom. The van der Waals surface area contributed by atoms with E-state index < -0.39 is 32.6 Å². The molecule has 2 rings (SSSR count). The first-order valence-electron chi connectivity index (χ1n) is 7.35. The average molecular weight is 388 g/mol. The molecule has 2 N–H and O–H groups in total. The number of carbonyl (C=O) groups is 1. The Labute approximate surface area is 147 Å². The molecule has 0 bridgehead atoms. The molecule has 0 aliphatic heterocycles. The lowest BCUT2D eigenvalue weighted by Gasteiger charge is -2.23. The Bertz CT molecular complexity index is 896. The van der Waals surface area contributed by atoms with E-state index in [0.29, 0.717) is 6.07 Å². The number of hydrogen-bond acceptors (Lipinski definition) is 4. The molecule has 0 aliphatic rings. The molecule has 26 heavy (non-hydrogen) atoms. The maximum absolute atomic E-state index is 12.8. The summed E-state index contributed by atoms with van der Waals surface area (Å²) in [6.45, 7) is 1.49. The Balaban J connectivity index is 2.44. The van der Waals surface area contributed by atoms with Crippen LogP contribution < -0.4 is 9.79 Å². The predicted molar refractivity (Wildman–Crippen MR) is 87.3 cm³/mol. The van der Waals surface area contributed by atoms with Crippen molar-refractivity contribution in [3.05, 3.63) is 59.7 Å². The third kappa shape index (κ3) is 3.97. The van der Waals surface area contributed by atoms with Crippen LogP contribution in [-0.4, -0.2) is 26.1 Å². The summed E-state index contributed by atoms with van der Waals surface area (Å²) >= 11 is 0. The van der Waals surface area contributed by atoms with Gasteiger partial charge in [0.2, 0.25) is 0 Å². The van der Waals surface area contributed by atoms with Crippen LogP contribution in [0.2, 0.25) is 0 Å². The van der Waals surface area contributed by atoms with Gasteiger partial charge < -0.3 is 0 Å². The minimum atomic E-state index is -4.66. The molecule has 0 saturated carbocycles. The number of alkyl halides is 3. The van der Waals surface area contributed by atoms with Gasteiger partial charge in [0.25, 0.3) is 15.9 Å². The minimum absolute atomic E-state index is 0.0376. The van der Waals surface area contributed by atoms with Gasteiger partial charge in [0.05, 0.1) is 16.1 Å². The highest BCUT2D eigenvalue weighted by Crippen LogP contribution is 2.32. The van der Waals surface area contributed by atoms with E-state index in [2.05, 4.69) is 0 Å². The number of benzene rings is 2. The van der Waals surface area contributed by atoms with Crippen LogP contribution in [0.1, 0.15) is 22.8 Å². The quantitative estimate of drug-likeness (QED) is 0.609. The highest BCUT2D eigenvalue weighted by Gasteiger charge is 2.33. The van der Waals surface area contributed by atoms with E-state index in [9.17, 15) is 26.4 Å². The monoisotopic (exact) mass is 388 g/mol. The van der Waals surface area contributed by atoms with Crippen molar-refractivity contribution < 1.29 is 31.6 Å². The molecule has 0 aromatic heterocycles. The number of sulfonamides is 1. The van der Waals surface area contributed by atoms with Crippen molar-refractivity contribution in [2.45, 2.75) is 18.0 Å². The van der Waals surface area contributed by atoms with Gasteiger partial charge in [-0.05, 0) is 49.4 Å². The van der Waals surface area contributed by atoms with Crippen LogP contribution in [0.4, 0.5) is 18.9 Å². The van der Waals surface area contributed by atoms with Gasteiger partial charge in [0.15, 0.2) is 0 Å². The van der Waals surface area contributed by atoms with Crippen molar-refractivity contribution in [3.8, 4) is 0 Å². The standard InChI is InChI=1S/C16H15F3N2O4S/c1-2-21(13-8-6-11(7-9-13)15(22)20-23)26(24,25)14-5-3-4-12(10-14)16(17,18)19/h3-10,23H,2H2,1H3,(H,20,22). The van der Waals surface area contributed by atoms with E-state index in [4.69, 9.17) is 5.21 Å². The van der Waals surface area contributed by atoms with Gasteiger partial charge >= 0.3 is 6.18 Å². The second kappa shape index (κ2) is 7.34. The van der Waals surface area contributed by atoms with Crippen LogP contribution >= 0.6 is 0 Å². The summed E-state index contributed by atoms with van der Waals surface area (Å²) in [4.78, 5) is 10.8. The molecule has 0 radical (unpaired) electrons. The van der Waals surface area contributed by atoms with Crippen molar-refractivity contribution in [2.24, 2.45) is 0 Å². The van der Waals surface area contributed by atoms with E-state index >= 15 is 0 Å². The molecular formula is C16H15F3N2O4S. The van der Waals surface area contributed by atoms with Gasteiger partial charge in [0, 0.05) is 12.1 Å². The Kier molecular flexibility index (Phi) is 5.57. The number of hydrogen-bond donors (Lipinski definition) is 2. The first kappa shape index (κ1) is 19.7. The summed E-state index contributed by atoms with van der Waals surface area (Å²) in [5.41, 5.74) is 0.631. The number of rotatable bonds is 5. The van der Waals surface area contributed by atoms with Crippen LogP contribution in [0.3, 0.4) is 0 Å². The molecule has 0 aliphatic carbocycles. The molecule has 1 amide bonds. The van der Waals surface area contributed by atoms with E-state index in [0.717, 1.165) is 22.5 Å². The first-order valence-corrected chi connectivity index (χ1v) is 8.79. The summed E-state index contributed by atoms with van der Waals surface area (Å²) in [5, 5.41) is 8.58. The van der Waals surface area contributed by atoms with Crippen molar-refractivity contribution in [2.75, 3.05) is 10.8 Å². The normalized spacial score (nSPS) is 11.9. The minimum Gasteiger partial charge on any atom is -0.288 e. The molecular weight excluding hydrogens is 373 g/mol. The van der Waals surface area contributed by atoms with E-state index in [-0.39, 0.29) is 17.8 Å². The van der Waals surface area contributed by atoms with E-state index in [1.807, 2.05) is 0 Å². The van der Waals surface area contributed by atoms with Gasteiger partial charge in [-0.3, -0.25) is 14.3 Å². The summed E-state index contributed by atoms with van der Waals surface area (Å²) < 4.78 is 65.0. The Morgan fingerprint density at radius 1 is 1.15 bits per heavy atom. The molecule has 6 nitrogen and oxygen atoms in total. The van der Waals surface area contributed by atoms with Crippen LogP contribution in [0.15, 0.2) is 53.4 Å². The molecule has 0 heterocycles. The van der Waals surface area contributed by atoms with Gasteiger partial charge in [-0.25, -0.2) is 13.9 Å². The first-order chi connectivity index (χ1) is 12.1. The highest BCUT2D eigenvalue weighted by atomic mass is 32.2. The van der Waals surface area contributed by atoms with Gasteiger partial charge in [-0.15, -0.1) is 0 Å². The molecule has 10 heteroatoms. The summed E-state index contributed by atoms with van der Waals surface area (Å²) in [5.74, 6) is -0.777. The second-order valence-corrected chi connectivity index (χ2v) is 7.05. The molecule has 0 spiro atoms. The van der Waals surface area contributed by atoms with Crippen molar-refractivity contribution in [3.63, 3.8) is 0 Å². The fraction of sp³-hybridized carbons (Fsp3) is 0.188. The molecule has 0 saturated heterocycles. The number of nitrogens with zero attached hydrogens (tertiary/aromatic N) is 1. The van der Waals surface area contributed by atoms with Gasteiger partial charge in [0.1, 0.15) is 0 Å². The number of amides is 1. The third-order valence-corrected chi connectivity index (χ3v) is 5.45. The smallest absolute Gasteiger partial charge is 0.288 e. The maximum atomic E-state index is 12.8. The zero-order chi connectivity index (χ0) is 19.5. The summed E-state index contributed by atoms with van der Waals surface area (Å²) in [7, 11) is -4.24. The highest BCUT2D eigenvalue weighted by molar-refractivity contribution is 7.92. The molecule has 0 unspecified atom stereocenters. The lowest BCUT2D eigenvalue weighted by atomic mass is 10.2. The molecule has 2 aromatic carbocycles. The second-order valence-electron chi connectivity index (χ2n) is 5.18. The predicted octanol–water partition coefficient (Wildman–Crippen LogP) is 3.04. The Hall–Kier alpha value is -2.59. The zero-order valence-electron chi connectivity index (χ0n) is 13.5. The third-order valence-electron chi connectivity index (χ3n) is 3.56. The molecule has 2 aromatic rings. The van der Waals surface area contributed by atoms with E-state index in [1.54, 1.807) is 0 Å².